The van der Waals surface area contributed by atoms with E-state index < -0.39 is 0 Å². The van der Waals surface area contributed by atoms with Gasteiger partial charge in [-0.2, -0.15) is 0 Å². The Kier molecular flexibility index (Phi) is 2.90. The number of Topliss-reactive ketones (excluding diaryl/α,β-unsaturated/α-hetero) is 1. The Morgan fingerprint density at radius 1 is 1.69 bits per heavy atom. The van der Waals surface area contributed by atoms with E-state index in [-0.39, 0.29) is 24.4 Å². The molecule has 1 fully saturated rings. The first-order chi connectivity index (χ1) is 6.00. The maximum absolute atomic E-state index is 11.3. The monoisotopic (exact) mass is 184 g/mol. The fourth-order valence-corrected chi connectivity index (χ4v) is 1.40. The zero-order valence-corrected chi connectivity index (χ0v) is 8.33. The number of rotatable bonds is 3. The van der Waals surface area contributed by atoms with Gasteiger partial charge in [-0.15, -0.1) is 0 Å². The Morgan fingerprint density at radius 2 is 2.31 bits per heavy atom. The molecule has 0 aliphatic carbocycles. The van der Waals surface area contributed by atoms with Crippen molar-refractivity contribution in [2.75, 3.05) is 13.1 Å². The minimum atomic E-state index is -0.117. The Bertz CT molecular complexity index is 226. The fourth-order valence-electron chi connectivity index (χ4n) is 1.40. The third kappa shape index (κ3) is 2.44. The maximum atomic E-state index is 11.3. The van der Waals surface area contributed by atoms with E-state index in [9.17, 15) is 9.59 Å². The van der Waals surface area contributed by atoms with Gasteiger partial charge in [0.25, 0.3) is 0 Å². The SMILES string of the molecule is CC(=O)CN1CC(C(C)C)NC1=O. The third-order valence-corrected chi connectivity index (χ3v) is 2.23. The van der Waals surface area contributed by atoms with E-state index >= 15 is 0 Å². The lowest BCUT2D eigenvalue weighted by molar-refractivity contribution is -0.117. The summed E-state index contributed by atoms with van der Waals surface area (Å²) in [6.07, 6.45) is 0. The number of urea groups is 1. The molecule has 0 aromatic heterocycles. The second-order valence-electron chi connectivity index (χ2n) is 3.88. The molecule has 1 atom stereocenters. The van der Waals surface area contributed by atoms with Gasteiger partial charge in [0.2, 0.25) is 0 Å². The highest BCUT2D eigenvalue weighted by atomic mass is 16.2. The quantitative estimate of drug-likeness (QED) is 0.699. The molecule has 4 heteroatoms. The highest BCUT2D eigenvalue weighted by Crippen LogP contribution is 2.11. The molecule has 1 saturated heterocycles. The molecule has 0 saturated carbocycles. The van der Waals surface area contributed by atoms with Crippen LogP contribution in [0, 0.1) is 5.92 Å². The number of nitrogens with one attached hydrogen (secondary N) is 1. The van der Waals surface area contributed by atoms with Crippen molar-refractivity contribution >= 4 is 11.8 Å². The standard InChI is InChI=1S/C9H16N2O2/c1-6(2)8-5-11(4-7(3)12)9(13)10-8/h6,8H,4-5H2,1-3H3,(H,10,13). The molecular weight excluding hydrogens is 168 g/mol. The van der Waals surface area contributed by atoms with E-state index in [1.165, 1.54) is 6.92 Å². The van der Waals surface area contributed by atoms with Crippen LogP contribution in [0.25, 0.3) is 0 Å². The Morgan fingerprint density at radius 3 is 2.69 bits per heavy atom. The molecule has 0 aromatic carbocycles. The number of carbonyl (C=O) groups excluding carboxylic acids is 2. The summed E-state index contributed by atoms with van der Waals surface area (Å²) >= 11 is 0. The van der Waals surface area contributed by atoms with Gasteiger partial charge >= 0.3 is 6.03 Å². The summed E-state index contributed by atoms with van der Waals surface area (Å²) in [7, 11) is 0. The summed E-state index contributed by atoms with van der Waals surface area (Å²) < 4.78 is 0. The molecule has 74 valence electrons. The first-order valence-electron chi connectivity index (χ1n) is 4.55. The van der Waals surface area contributed by atoms with Crippen LogP contribution in [-0.4, -0.2) is 35.8 Å². The minimum absolute atomic E-state index is 0.0274. The number of hydrogen-bond donors (Lipinski definition) is 1. The predicted molar refractivity (Wildman–Crippen MR) is 49.4 cm³/mol. The van der Waals surface area contributed by atoms with Gasteiger partial charge in [0.15, 0.2) is 0 Å². The summed E-state index contributed by atoms with van der Waals surface area (Å²) in [6, 6.07) is 0.0701. The van der Waals surface area contributed by atoms with Crippen LogP contribution in [0.4, 0.5) is 4.79 Å². The van der Waals surface area contributed by atoms with Crippen LogP contribution in [0.15, 0.2) is 0 Å². The fraction of sp³-hybridized carbons (Fsp3) is 0.778. The first kappa shape index (κ1) is 10.0. The van der Waals surface area contributed by atoms with Gasteiger partial charge in [-0.3, -0.25) is 4.79 Å². The van der Waals surface area contributed by atoms with Gasteiger partial charge < -0.3 is 10.2 Å². The lowest BCUT2D eigenvalue weighted by Gasteiger charge is -2.14. The van der Waals surface area contributed by atoms with Crippen molar-refractivity contribution in [3.63, 3.8) is 0 Å². The van der Waals surface area contributed by atoms with Crippen molar-refractivity contribution in [1.29, 1.82) is 0 Å². The Balaban J connectivity index is 2.51. The third-order valence-electron chi connectivity index (χ3n) is 2.23. The predicted octanol–water partition coefficient (Wildman–Crippen LogP) is 0.625. The molecule has 4 nitrogen and oxygen atoms in total. The highest BCUT2D eigenvalue weighted by Gasteiger charge is 2.30. The molecule has 2 amide bonds. The molecule has 1 rings (SSSR count). The lowest BCUT2D eigenvalue weighted by Crippen LogP contribution is -2.32. The average Bonchev–Trinajstić information content (AvgIpc) is 2.31. The van der Waals surface area contributed by atoms with Crippen molar-refractivity contribution in [2.24, 2.45) is 5.92 Å². The van der Waals surface area contributed by atoms with Crippen molar-refractivity contribution in [3.05, 3.63) is 0 Å². The smallest absolute Gasteiger partial charge is 0.318 e. The summed E-state index contributed by atoms with van der Waals surface area (Å²) in [5, 5.41) is 2.84. The lowest BCUT2D eigenvalue weighted by atomic mass is 10.1. The van der Waals surface area contributed by atoms with E-state index in [1.807, 2.05) is 0 Å². The van der Waals surface area contributed by atoms with Crippen molar-refractivity contribution in [2.45, 2.75) is 26.8 Å². The zero-order chi connectivity index (χ0) is 10.0. The van der Waals surface area contributed by atoms with E-state index in [2.05, 4.69) is 19.2 Å². The summed E-state index contributed by atoms with van der Waals surface area (Å²) in [4.78, 5) is 23.6. The van der Waals surface area contributed by atoms with Gasteiger partial charge in [-0.1, -0.05) is 13.8 Å². The summed E-state index contributed by atoms with van der Waals surface area (Å²) in [5.41, 5.74) is 0. The molecule has 1 unspecified atom stereocenters. The first-order valence-corrected chi connectivity index (χ1v) is 4.55. The zero-order valence-electron chi connectivity index (χ0n) is 8.33. The average molecular weight is 184 g/mol. The van der Waals surface area contributed by atoms with E-state index in [1.54, 1.807) is 4.90 Å². The number of nitrogens with zero attached hydrogens (tertiary/aromatic N) is 1. The van der Waals surface area contributed by atoms with Crippen LogP contribution in [0.5, 0.6) is 0 Å². The van der Waals surface area contributed by atoms with Crippen molar-refractivity contribution in [3.8, 4) is 0 Å². The second-order valence-corrected chi connectivity index (χ2v) is 3.88. The van der Waals surface area contributed by atoms with E-state index in [4.69, 9.17) is 0 Å². The number of carbonyl (C=O) groups is 2. The molecule has 0 radical (unpaired) electrons. The molecular formula is C9H16N2O2. The van der Waals surface area contributed by atoms with Gasteiger partial charge in [0.1, 0.15) is 5.78 Å². The van der Waals surface area contributed by atoms with Gasteiger partial charge in [0, 0.05) is 6.54 Å². The van der Waals surface area contributed by atoms with Crippen LogP contribution >= 0.6 is 0 Å². The van der Waals surface area contributed by atoms with Gasteiger partial charge in [0.05, 0.1) is 12.6 Å². The van der Waals surface area contributed by atoms with Crippen LogP contribution < -0.4 is 5.32 Å². The van der Waals surface area contributed by atoms with E-state index in [0.29, 0.717) is 12.5 Å². The molecule has 1 heterocycles. The normalized spacial score (nSPS) is 22.3. The largest absolute Gasteiger partial charge is 0.333 e. The maximum Gasteiger partial charge on any atom is 0.318 e. The molecule has 0 aromatic rings. The summed E-state index contributed by atoms with van der Waals surface area (Å²) in [6.45, 7) is 6.49. The molecule has 0 bridgehead atoms. The summed E-state index contributed by atoms with van der Waals surface area (Å²) in [5.74, 6) is 0.445. The highest BCUT2D eigenvalue weighted by molar-refractivity contribution is 5.85. The molecule has 1 N–H and O–H groups in total. The van der Waals surface area contributed by atoms with Crippen molar-refractivity contribution in [1.82, 2.24) is 10.2 Å². The molecule has 1 aliphatic rings. The second kappa shape index (κ2) is 3.77. The van der Waals surface area contributed by atoms with Crippen molar-refractivity contribution < 1.29 is 9.59 Å². The number of amides is 2. The minimum Gasteiger partial charge on any atom is -0.333 e. The topological polar surface area (TPSA) is 49.4 Å². The van der Waals surface area contributed by atoms with Gasteiger partial charge in [-0.25, -0.2) is 4.79 Å². The van der Waals surface area contributed by atoms with Crippen LogP contribution in [0.3, 0.4) is 0 Å². The van der Waals surface area contributed by atoms with Crippen LogP contribution in [0.1, 0.15) is 20.8 Å². The molecule has 1 aliphatic heterocycles. The molecule has 13 heavy (non-hydrogen) atoms. The molecule has 0 spiro atoms. The Hall–Kier alpha value is -1.06. The van der Waals surface area contributed by atoms with Crippen LogP contribution in [-0.2, 0) is 4.79 Å². The Labute approximate surface area is 78.3 Å². The number of hydrogen-bond acceptors (Lipinski definition) is 2. The van der Waals surface area contributed by atoms with Crippen LogP contribution in [0.2, 0.25) is 0 Å². The van der Waals surface area contributed by atoms with E-state index in [0.717, 1.165) is 0 Å². The number of ketones is 1. The van der Waals surface area contributed by atoms with Gasteiger partial charge in [-0.05, 0) is 12.8 Å².